The highest BCUT2D eigenvalue weighted by molar-refractivity contribution is 5.74. The van der Waals surface area contributed by atoms with Crippen LogP contribution in [0.3, 0.4) is 0 Å². The largest absolute Gasteiger partial charge is 0.461 e. The molecule has 1 heterocycles. The number of hydrogen-bond acceptors (Lipinski definition) is 4. The Morgan fingerprint density at radius 1 is 1.20 bits per heavy atom. The molecule has 0 bridgehead atoms. The van der Waals surface area contributed by atoms with Crippen molar-refractivity contribution in [3.05, 3.63) is 48.0 Å². The Kier molecular flexibility index (Phi) is 4.46. The fourth-order valence-electron chi connectivity index (χ4n) is 4.13. The summed E-state index contributed by atoms with van der Waals surface area (Å²) in [6, 6.07) is 9.83. The molecule has 4 heteroatoms. The number of aliphatic imine (C=N–C) groups is 1. The van der Waals surface area contributed by atoms with Crippen molar-refractivity contribution in [2.75, 3.05) is 0 Å². The van der Waals surface area contributed by atoms with E-state index < -0.39 is 0 Å². The van der Waals surface area contributed by atoms with Crippen molar-refractivity contribution in [1.29, 1.82) is 0 Å². The fraction of sp³-hybridized carbons (Fsp3) is 0.524. The van der Waals surface area contributed by atoms with Crippen LogP contribution in [0.1, 0.15) is 38.2 Å². The molecule has 25 heavy (non-hydrogen) atoms. The predicted molar refractivity (Wildman–Crippen MR) is 96.1 cm³/mol. The third-order valence-corrected chi connectivity index (χ3v) is 5.83. The highest BCUT2D eigenvalue weighted by atomic mass is 16.5. The molecule has 3 aliphatic rings. The zero-order chi connectivity index (χ0) is 17.3. The van der Waals surface area contributed by atoms with Crippen LogP contribution in [0.15, 0.2) is 47.5 Å². The first-order valence-electron chi connectivity index (χ1n) is 9.29. The molecule has 1 aliphatic heterocycles. The molecular weight excluding hydrogens is 314 g/mol. The van der Waals surface area contributed by atoms with Crippen molar-refractivity contribution in [2.45, 2.75) is 51.0 Å². The molecule has 1 aromatic rings. The summed E-state index contributed by atoms with van der Waals surface area (Å²) in [6.07, 6.45) is 9.76. The Hall–Kier alpha value is -1.94. The first-order chi connectivity index (χ1) is 12.2. The van der Waals surface area contributed by atoms with Crippen molar-refractivity contribution < 1.29 is 14.3 Å². The number of esters is 1. The van der Waals surface area contributed by atoms with Gasteiger partial charge in [-0.05, 0) is 37.3 Å². The van der Waals surface area contributed by atoms with Crippen LogP contribution in [-0.2, 0) is 20.9 Å². The number of allylic oxidation sites excluding steroid dienone is 1. The minimum Gasteiger partial charge on any atom is -0.461 e. The van der Waals surface area contributed by atoms with Gasteiger partial charge in [0.15, 0.2) is 5.72 Å². The van der Waals surface area contributed by atoms with E-state index in [0.29, 0.717) is 18.4 Å². The molecule has 2 saturated carbocycles. The first-order valence-corrected chi connectivity index (χ1v) is 9.29. The minimum atomic E-state index is -0.319. The third-order valence-electron chi connectivity index (χ3n) is 5.83. The Morgan fingerprint density at radius 2 is 1.96 bits per heavy atom. The molecule has 2 unspecified atom stereocenters. The van der Waals surface area contributed by atoms with Crippen molar-refractivity contribution in [1.82, 2.24) is 0 Å². The lowest BCUT2D eigenvalue weighted by Crippen LogP contribution is -2.32. The molecule has 3 atom stereocenters. The van der Waals surface area contributed by atoms with Gasteiger partial charge in [-0.3, -0.25) is 9.79 Å². The molecular formula is C21H25NO3. The highest BCUT2D eigenvalue weighted by Crippen LogP contribution is 2.57. The number of dihydropyridines is 1. The number of carbonyl (C=O) groups excluding carboxylic acids is 1. The van der Waals surface area contributed by atoms with E-state index in [9.17, 15) is 4.79 Å². The molecule has 0 saturated heterocycles. The molecule has 132 valence electrons. The molecule has 0 N–H and O–H groups in total. The fourth-order valence-corrected chi connectivity index (χ4v) is 4.13. The normalized spacial score (nSPS) is 35.9. The first kappa shape index (κ1) is 16.5. The summed E-state index contributed by atoms with van der Waals surface area (Å²) < 4.78 is 11.8. The average molecular weight is 339 g/mol. The van der Waals surface area contributed by atoms with Crippen LogP contribution in [0.4, 0.5) is 0 Å². The van der Waals surface area contributed by atoms with Crippen molar-refractivity contribution in [3.8, 4) is 0 Å². The number of ether oxygens (including phenoxy) is 2. The Bertz CT molecular complexity index is 676. The monoisotopic (exact) mass is 339 g/mol. The molecule has 2 fully saturated rings. The van der Waals surface area contributed by atoms with Gasteiger partial charge in [0.25, 0.3) is 0 Å². The number of benzene rings is 1. The van der Waals surface area contributed by atoms with Gasteiger partial charge in [-0.25, -0.2) is 0 Å². The van der Waals surface area contributed by atoms with Crippen molar-refractivity contribution in [2.24, 2.45) is 22.7 Å². The standard InChI is InChI=1S/C21H25NO3/c1-15-19-8-5-13-22-21(15,19)25-18-11-9-17(10-12-18)20(23)24-14-16-6-3-2-4-7-16/h2-8,13,15,17-19H,9-12,14H2,1H3/t15?,17?,18?,19-,21?/m1/s1. The van der Waals surface area contributed by atoms with E-state index in [2.05, 4.69) is 18.0 Å². The second kappa shape index (κ2) is 6.75. The van der Waals surface area contributed by atoms with Crippen LogP contribution in [0.5, 0.6) is 0 Å². The second-order valence-electron chi connectivity index (χ2n) is 7.41. The molecule has 4 nitrogen and oxygen atoms in total. The lowest BCUT2D eigenvalue weighted by molar-refractivity contribution is -0.152. The van der Waals surface area contributed by atoms with Crippen LogP contribution < -0.4 is 0 Å². The predicted octanol–water partition coefficient (Wildman–Crippen LogP) is 3.91. The lowest BCUT2D eigenvalue weighted by Gasteiger charge is -2.30. The van der Waals surface area contributed by atoms with Gasteiger partial charge in [0.1, 0.15) is 6.61 Å². The van der Waals surface area contributed by atoms with E-state index >= 15 is 0 Å². The molecule has 0 amide bonds. The Labute approximate surface area is 148 Å². The number of hydrogen-bond donors (Lipinski definition) is 0. The number of nitrogens with zero attached hydrogens (tertiary/aromatic N) is 1. The van der Waals surface area contributed by atoms with Crippen LogP contribution in [0, 0.1) is 17.8 Å². The van der Waals surface area contributed by atoms with E-state index in [1.807, 2.05) is 42.6 Å². The van der Waals surface area contributed by atoms with Gasteiger partial charge in [-0.1, -0.05) is 43.3 Å². The number of carbonyl (C=O) groups is 1. The van der Waals surface area contributed by atoms with Crippen LogP contribution in [0.25, 0.3) is 0 Å². The van der Waals surface area contributed by atoms with E-state index in [1.54, 1.807) is 0 Å². The van der Waals surface area contributed by atoms with E-state index in [1.165, 1.54) is 0 Å². The third kappa shape index (κ3) is 3.28. The van der Waals surface area contributed by atoms with Crippen molar-refractivity contribution in [3.63, 3.8) is 0 Å². The molecule has 0 aromatic heterocycles. The molecule has 0 radical (unpaired) electrons. The number of fused-ring (bicyclic) bond motifs is 1. The summed E-state index contributed by atoms with van der Waals surface area (Å²) in [5.74, 6) is 0.808. The smallest absolute Gasteiger partial charge is 0.309 e. The van der Waals surface area contributed by atoms with Gasteiger partial charge in [0.05, 0.1) is 12.0 Å². The summed E-state index contributed by atoms with van der Waals surface area (Å²) in [6.45, 7) is 2.56. The quantitative estimate of drug-likeness (QED) is 0.764. The molecule has 4 rings (SSSR count). The summed E-state index contributed by atoms with van der Waals surface area (Å²) in [7, 11) is 0. The van der Waals surface area contributed by atoms with Crippen LogP contribution in [0.2, 0.25) is 0 Å². The zero-order valence-corrected chi connectivity index (χ0v) is 14.6. The lowest BCUT2D eigenvalue weighted by atomic mass is 9.87. The molecule has 1 aromatic carbocycles. The maximum atomic E-state index is 12.3. The summed E-state index contributed by atoms with van der Waals surface area (Å²) in [5, 5.41) is 0. The van der Waals surface area contributed by atoms with E-state index in [-0.39, 0.29) is 23.7 Å². The zero-order valence-electron chi connectivity index (χ0n) is 14.6. The van der Waals surface area contributed by atoms with Crippen LogP contribution >= 0.6 is 0 Å². The number of rotatable bonds is 5. The van der Waals surface area contributed by atoms with Gasteiger partial charge in [-0.2, -0.15) is 0 Å². The minimum absolute atomic E-state index is 0.00300. The van der Waals surface area contributed by atoms with E-state index in [0.717, 1.165) is 31.2 Å². The summed E-state index contributed by atoms with van der Waals surface area (Å²) in [4.78, 5) is 16.9. The van der Waals surface area contributed by atoms with Gasteiger partial charge in [0.2, 0.25) is 0 Å². The van der Waals surface area contributed by atoms with E-state index in [4.69, 9.17) is 9.47 Å². The van der Waals surface area contributed by atoms with Gasteiger partial charge in [-0.15, -0.1) is 0 Å². The summed E-state index contributed by atoms with van der Waals surface area (Å²) >= 11 is 0. The summed E-state index contributed by atoms with van der Waals surface area (Å²) in [5.41, 5.74) is 0.712. The molecule has 0 spiro atoms. The Balaban J connectivity index is 1.24. The van der Waals surface area contributed by atoms with Gasteiger partial charge < -0.3 is 9.47 Å². The topological polar surface area (TPSA) is 47.9 Å². The van der Waals surface area contributed by atoms with Crippen molar-refractivity contribution >= 4 is 12.2 Å². The molecule has 2 aliphatic carbocycles. The highest BCUT2D eigenvalue weighted by Gasteiger charge is 2.64. The van der Waals surface area contributed by atoms with Gasteiger partial charge >= 0.3 is 5.97 Å². The maximum Gasteiger partial charge on any atom is 0.309 e. The average Bonchev–Trinajstić information content (AvgIpc) is 3.25. The van der Waals surface area contributed by atoms with Crippen LogP contribution in [-0.4, -0.2) is 24.0 Å². The van der Waals surface area contributed by atoms with Gasteiger partial charge in [0, 0.05) is 18.1 Å². The maximum absolute atomic E-state index is 12.3. The second-order valence-corrected chi connectivity index (χ2v) is 7.41. The SMILES string of the molecule is CC1[C@H]2C=CC=NC12OC1CCC(C(=O)OCc2ccccc2)CC1. The Morgan fingerprint density at radius 3 is 2.68 bits per heavy atom.